The number of hydrogen-bond donors (Lipinski definition) is 0. The zero-order valence-corrected chi connectivity index (χ0v) is 6.21. The van der Waals surface area contributed by atoms with Gasteiger partial charge >= 0.3 is 0 Å². The van der Waals surface area contributed by atoms with Gasteiger partial charge < -0.3 is 0 Å². The average molecular weight is 135 g/mol. The second kappa shape index (κ2) is 2.57. The summed E-state index contributed by atoms with van der Waals surface area (Å²) >= 11 is 0. The maximum Gasteiger partial charge on any atom is 0.0576 e. The normalized spacial score (nSPS) is 25.8. The van der Waals surface area contributed by atoms with E-state index in [1.165, 1.54) is 31.3 Å². The van der Waals surface area contributed by atoms with E-state index in [4.69, 9.17) is 0 Å². The third-order valence-corrected chi connectivity index (χ3v) is 2.50. The minimum Gasteiger partial charge on any atom is -0.289 e. The third kappa shape index (κ3) is 1.00. The molecule has 54 valence electrons. The van der Waals surface area contributed by atoms with Crippen molar-refractivity contribution in [1.29, 1.82) is 0 Å². The molecule has 0 N–H and O–H groups in total. The van der Waals surface area contributed by atoms with Gasteiger partial charge in [0.1, 0.15) is 0 Å². The van der Waals surface area contributed by atoms with E-state index in [0.717, 1.165) is 12.5 Å². The maximum atomic E-state index is 4.19. The summed E-state index contributed by atoms with van der Waals surface area (Å²) in [6.45, 7) is 0.936. The van der Waals surface area contributed by atoms with Crippen LogP contribution in [-0.4, -0.2) is 12.8 Å². The van der Waals surface area contributed by atoms with Crippen LogP contribution >= 0.6 is 0 Å². The molecule has 1 aliphatic heterocycles. The average Bonchev–Trinajstić information content (AvgIpc) is 2.59. The molecule has 1 fully saturated rings. The quantitative estimate of drug-likeness (QED) is 0.522. The Morgan fingerprint density at radius 3 is 2.70 bits per heavy atom. The molecule has 0 spiro atoms. The lowest BCUT2D eigenvalue weighted by Gasteiger charge is -2.05. The monoisotopic (exact) mass is 135 g/mol. The van der Waals surface area contributed by atoms with Gasteiger partial charge in [0.25, 0.3) is 0 Å². The Labute approximate surface area is 61.9 Å². The zero-order chi connectivity index (χ0) is 6.81. The largest absolute Gasteiger partial charge is 0.289 e. The Morgan fingerprint density at radius 2 is 2.10 bits per heavy atom. The fourth-order valence-corrected chi connectivity index (χ4v) is 1.90. The second-order valence-electron chi connectivity index (χ2n) is 3.18. The van der Waals surface area contributed by atoms with Gasteiger partial charge in [0.05, 0.1) is 6.54 Å². The second-order valence-corrected chi connectivity index (χ2v) is 3.18. The van der Waals surface area contributed by atoms with E-state index in [1.54, 1.807) is 0 Å². The highest BCUT2D eigenvalue weighted by Crippen LogP contribution is 2.30. The molecule has 1 aliphatic carbocycles. The molecule has 0 atom stereocenters. The first-order chi connectivity index (χ1) is 4.97. The summed E-state index contributed by atoms with van der Waals surface area (Å²) in [5, 5.41) is 0. The first-order valence-electron chi connectivity index (χ1n) is 4.17. The number of rotatable bonds is 1. The molecule has 0 saturated heterocycles. The van der Waals surface area contributed by atoms with Crippen molar-refractivity contribution < 1.29 is 0 Å². The van der Waals surface area contributed by atoms with Crippen molar-refractivity contribution in [2.45, 2.75) is 25.7 Å². The molecule has 1 heteroatoms. The SMILES string of the molecule is C1=NCC=C1C1CCCC1. The highest BCUT2D eigenvalue weighted by Gasteiger charge is 2.18. The van der Waals surface area contributed by atoms with Crippen LogP contribution < -0.4 is 0 Å². The molecule has 1 saturated carbocycles. The van der Waals surface area contributed by atoms with Crippen molar-refractivity contribution in [2.75, 3.05) is 6.54 Å². The summed E-state index contributed by atoms with van der Waals surface area (Å²) in [5.41, 5.74) is 1.51. The van der Waals surface area contributed by atoms with E-state index < -0.39 is 0 Å². The van der Waals surface area contributed by atoms with Crippen molar-refractivity contribution in [1.82, 2.24) is 0 Å². The molecule has 1 nitrogen and oxygen atoms in total. The number of aliphatic imine (C=N–C) groups is 1. The summed E-state index contributed by atoms with van der Waals surface area (Å²) in [4.78, 5) is 4.19. The first kappa shape index (κ1) is 6.14. The van der Waals surface area contributed by atoms with Gasteiger partial charge in [-0.05, 0) is 24.3 Å². The van der Waals surface area contributed by atoms with Gasteiger partial charge in [-0.1, -0.05) is 18.9 Å². The molecule has 0 aromatic carbocycles. The molecular formula is C9H13N. The topological polar surface area (TPSA) is 12.4 Å². The standard InChI is InChI=1S/C9H13N/c1-2-4-8(3-1)9-5-6-10-7-9/h5,7-8H,1-4,6H2. The van der Waals surface area contributed by atoms with Crippen molar-refractivity contribution in [2.24, 2.45) is 10.9 Å². The van der Waals surface area contributed by atoms with Gasteiger partial charge in [-0.2, -0.15) is 0 Å². The Kier molecular flexibility index (Phi) is 1.58. The van der Waals surface area contributed by atoms with Crippen LogP contribution in [0.1, 0.15) is 25.7 Å². The molecule has 0 aromatic rings. The van der Waals surface area contributed by atoms with Gasteiger partial charge in [-0.3, -0.25) is 4.99 Å². The minimum absolute atomic E-state index is 0.867. The number of nitrogens with zero attached hydrogens (tertiary/aromatic N) is 1. The molecule has 0 aromatic heterocycles. The molecule has 1 heterocycles. The Hall–Kier alpha value is -0.590. The number of hydrogen-bond acceptors (Lipinski definition) is 1. The van der Waals surface area contributed by atoms with E-state index in [1.807, 2.05) is 0 Å². The van der Waals surface area contributed by atoms with E-state index in [9.17, 15) is 0 Å². The Bertz CT molecular complexity index is 173. The fraction of sp³-hybridized carbons (Fsp3) is 0.667. The van der Waals surface area contributed by atoms with Crippen molar-refractivity contribution >= 4 is 6.21 Å². The fourth-order valence-electron chi connectivity index (χ4n) is 1.90. The van der Waals surface area contributed by atoms with E-state index in [-0.39, 0.29) is 0 Å². The van der Waals surface area contributed by atoms with Gasteiger partial charge in [0.15, 0.2) is 0 Å². The molecule has 2 aliphatic rings. The highest BCUT2D eigenvalue weighted by atomic mass is 14.7. The minimum atomic E-state index is 0.867. The van der Waals surface area contributed by atoms with Gasteiger partial charge in [-0.15, -0.1) is 0 Å². The van der Waals surface area contributed by atoms with E-state index in [2.05, 4.69) is 17.3 Å². The maximum absolute atomic E-state index is 4.19. The van der Waals surface area contributed by atoms with Crippen LogP contribution in [0.5, 0.6) is 0 Å². The molecule has 0 amide bonds. The third-order valence-electron chi connectivity index (χ3n) is 2.50. The summed E-state index contributed by atoms with van der Waals surface area (Å²) in [7, 11) is 0. The van der Waals surface area contributed by atoms with Crippen LogP contribution in [0, 0.1) is 5.92 Å². The molecule has 0 radical (unpaired) electrons. The lowest BCUT2D eigenvalue weighted by molar-refractivity contribution is 0.669. The summed E-state index contributed by atoms with van der Waals surface area (Å²) in [6, 6.07) is 0. The van der Waals surface area contributed by atoms with Crippen molar-refractivity contribution in [3.63, 3.8) is 0 Å². The molecule has 0 bridgehead atoms. The molecule has 10 heavy (non-hydrogen) atoms. The van der Waals surface area contributed by atoms with Crippen molar-refractivity contribution in [3.8, 4) is 0 Å². The van der Waals surface area contributed by atoms with E-state index >= 15 is 0 Å². The zero-order valence-electron chi connectivity index (χ0n) is 6.21. The lowest BCUT2D eigenvalue weighted by atomic mass is 9.99. The highest BCUT2D eigenvalue weighted by molar-refractivity contribution is 5.81. The summed E-state index contributed by atoms with van der Waals surface area (Å²) in [6.07, 6.45) is 9.99. The predicted molar refractivity (Wildman–Crippen MR) is 43.4 cm³/mol. The molecule has 0 unspecified atom stereocenters. The summed E-state index contributed by atoms with van der Waals surface area (Å²) in [5.74, 6) is 0.867. The lowest BCUT2D eigenvalue weighted by Crippen LogP contribution is -1.96. The Morgan fingerprint density at radius 1 is 1.30 bits per heavy atom. The van der Waals surface area contributed by atoms with E-state index in [0.29, 0.717) is 0 Å². The first-order valence-corrected chi connectivity index (χ1v) is 4.17. The van der Waals surface area contributed by atoms with Crippen molar-refractivity contribution in [3.05, 3.63) is 11.6 Å². The molecular weight excluding hydrogens is 122 g/mol. The Balaban J connectivity index is 2.03. The van der Waals surface area contributed by atoms with Crippen LogP contribution in [0.15, 0.2) is 16.6 Å². The van der Waals surface area contributed by atoms with Crippen LogP contribution in [-0.2, 0) is 0 Å². The predicted octanol–water partition coefficient (Wildman–Crippen LogP) is 2.19. The molecule has 2 rings (SSSR count). The van der Waals surface area contributed by atoms with Crippen LogP contribution in [0.25, 0.3) is 0 Å². The van der Waals surface area contributed by atoms with Crippen LogP contribution in [0.4, 0.5) is 0 Å². The summed E-state index contributed by atoms with van der Waals surface area (Å²) < 4.78 is 0. The van der Waals surface area contributed by atoms with Crippen LogP contribution in [0.3, 0.4) is 0 Å². The van der Waals surface area contributed by atoms with Crippen LogP contribution in [0.2, 0.25) is 0 Å². The van der Waals surface area contributed by atoms with Gasteiger partial charge in [0.2, 0.25) is 0 Å². The number of allylic oxidation sites excluding steroid dienone is 1. The van der Waals surface area contributed by atoms with Gasteiger partial charge in [0, 0.05) is 6.21 Å². The van der Waals surface area contributed by atoms with Gasteiger partial charge in [-0.25, -0.2) is 0 Å². The smallest absolute Gasteiger partial charge is 0.0576 e.